The first-order valence-electron chi connectivity index (χ1n) is 4.99. The van der Waals surface area contributed by atoms with Crippen LogP contribution in [0.3, 0.4) is 0 Å². The smallest absolute Gasteiger partial charge is 0.207 e. The Morgan fingerprint density at radius 3 is 2.71 bits per heavy atom. The first-order valence-corrected chi connectivity index (χ1v) is 6.43. The predicted molar refractivity (Wildman–Crippen MR) is 61.2 cm³/mol. The Labute approximate surface area is 100 Å². The van der Waals surface area contributed by atoms with Crippen LogP contribution in [0.1, 0.15) is 12.0 Å². The Morgan fingerprint density at radius 1 is 1.47 bits per heavy atom. The normalized spacial score (nSPS) is 11.5. The Morgan fingerprint density at radius 2 is 2.12 bits per heavy atom. The van der Waals surface area contributed by atoms with Crippen molar-refractivity contribution in [1.82, 2.24) is 4.31 Å². The number of hydrogen-bond acceptors (Lipinski definition) is 3. The Bertz CT molecular complexity index is 549. The van der Waals surface area contributed by atoms with E-state index in [1.54, 1.807) is 6.92 Å². The van der Waals surface area contributed by atoms with Crippen LogP contribution in [0.25, 0.3) is 0 Å². The quantitative estimate of drug-likeness (QED) is 0.823. The lowest BCUT2D eigenvalue weighted by Crippen LogP contribution is -2.28. The summed E-state index contributed by atoms with van der Waals surface area (Å²) >= 11 is 0. The van der Waals surface area contributed by atoms with Gasteiger partial charge in [-0.05, 0) is 24.6 Å². The SMILES string of the molecule is Cc1ccc(F)cc1S(=O)(=O)N(C)CCC#N. The van der Waals surface area contributed by atoms with Crippen molar-refractivity contribution in [3.05, 3.63) is 29.6 Å². The fourth-order valence-corrected chi connectivity index (χ4v) is 2.75. The van der Waals surface area contributed by atoms with Crippen LogP contribution in [-0.4, -0.2) is 26.3 Å². The van der Waals surface area contributed by atoms with E-state index in [9.17, 15) is 12.8 Å². The third-order valence-corrected chi connectivity index (χ3v) is 4.38. The second-order valence-electron chi connectivity index (χ2n) is 3.64. The molecule has 0 bridgehead atoms. The number of hydrogen-bond donors (Lipinski definition) is 0. The highest BCUT2D eigenvalue weighted by Crippen LogP contribution is 2.19. The van der Waals surface area contributed by atoms with E-state index in [2.05, 4.69) is 0 Å². The highest BCUT2D eigenvalue weighted by atomic mass is 32.2. The molecule has 1 aromatic rings. The minimum atomic E-state index is -3.72. The Kier molecular flexibility index (Phi) is 4.21. The Balaban J connectivity index is 3.13. The van der Waals surface area contributed by atoms with Crippen molar-refractivity contribution in [3.8, 4) is 6.07 Å². The van der Waals surface area contributed by atoms with Gasteiger partial charge in [0.05, 0.1) is 11.0 Å². The molecule has 0 aromatic heterocycles. The van der Waals surface area contributed by atoms with Crippen LogP contribution in [0.15, 0.2) is 23.1 Å². The molecule has 17 heavy (non-hydrogen) atoms. The van der Waals surface area contributed by atoms with Gasteiger partial charge in [-0.2, -0.15) is 9.57 Å². The monoisotopic (exact) mass is 256 g/mol. The van der Waals surface area contributed by atoms with E-state index in [1.807, 2.05) is 6.07 Å². The summed E-state index contributed by atoms with van der Waals surface area (Å²) in [6, 6.07) is 5.49. The molecule has 0 N–H and O–H groups in total. The summed E-state index contributed by atoms with van der Waals surface area (Å²) < 4.78 is 38.2. The molecule has 0 aliphatic heterocycles. The highest BCUT2D eigenvalue weighted by molar-refractivity contribution is 7.89. The van der Waals surface area contributed by atoms with Gasteiger partial charge in [-0.3, -0.25) is 0 Å². The van der Waals surface area contributed by atoms with Gasteiger partial charge in [-0.1, -0.05) is 6.07 Å². The zero-order valence-corrected chi connectivity index (χ0v) is 10.5. The molecular formula is C11H13FN2O2S. The van der Waals surface area contributed by atoms with Gasteiger partial charge in [0.25, 0.3) is 0 Å². The second-order valence-corrected chi connectivity index (χ2v) is 5.66. The molecule has 0 saturated carbocycles. The summed E-state index contributed by atoms with van der Waals surface area (Å²) in [7, 11) is -2.35. The van der Waals surface area contributed by atoms with Gasteiger partial charge in [0.2, 0.25) is 10.0 Å². The minimum Gasteiger partial charge on any atom is -0.207 e. The first kappa shape index (κ1) is 13.6. The first-order chi connectivity index (χ1) is 7.89. The number of aryl methyl sites for hydroxylation is 1. The maximum Gasteiger partial charge on any atom is 0.243 e. The molecule has 0 amide bonds. The molecule has 0 heterocycles. The maximum absolute atomic E-state index is 13.1. The summed E-state index contributed by atoms with van der Waals surface area (Å²) in [6.45, 7) is 1.69. The van der Waals surface area contributed by atoms with Gasteiger partial charge < -0.3 is 0 Å². The van der Waals surface area contributed by atoms with Gasteiger partial charge in [0, 0.05) is 20.0 Å². The molecule has 0 unspecified atom stereocenters. The molecule has 0 fully saturated rings. The van der Waals surface area contributed by atoms with Crippen LogP contribution in [-0.2, 0) is 10.0 Å². The third kappa shape index (κ3) is 3.02. The van der Waals surface area contributed by atoms with E-state index < -0.39 is 15.8 Å². The standard InChI is InChI=1S/C11H13FN2O2S/c1-9-4-5-10(12)8-11(9)17(15,16)14(2)7-3-6-13/h4-5,8H,3,7H2,1-2H3. The zero-order chi connectivity index (χ0) is 13.1. The van der Waals surface area contributed by atoms with Crippen molar-refractivity contribution in [1.29, 1.82) is 5.26 Å². The van der Waals surface area contributed by atoms with E-state index in [0.29, 0.717) is 5.56 Å². The molecule has 0 aliphatic carbocycles. The lowest BCUT2D eigenvalue weighted by Gasteiger charge is -2.17. The molecular weight excluding hydrogens is 243 g/mol. The van der Waals surface area contributed by atoms with Crippen molar-refractivity contribution in [2.45, 2.75) is 18.2 Å². The minimum absolute atomic E-state index is 0.0575. The van der Waals surface area contributed by atoms with Crippen LogP contribution < -0.4 is 0 Å². The predicted octanol–water partition coefficient (Wildman–Crippen LogP) is 1.67. The molecule has 1 rings (SSSR count). The summed E-state index contributed by atoms with van der Waals surface area (Å²) in [4.78, 5) is -0.0575. The number of halogens is 1. The van der Waals surface area contributed by atoms with E-state index in [-0.39, 0.29) is 17.9 Å². The average molecular weight is 256 g/mol. The van der Waals surface area contributed by atoms with Crippen molar-refractivity contribution < 1.29 is 12.8 Å². The molecule has 4 nitrogen and oxygen atoms in total. The van der Waals surface area contributed by atoms with Crippen molar-refractivity contribution in [3.63, 3.8) is 0 Å². The lowest BCUT2D eigenvalue weighted by molar-refractivity contribution is 0.475. The van der Waals surface area contributed by atoms with E-state index in [1.165, 1.54) is 19.2 Å². The fraction of sp³-hybridized carbons (Fsp3) is 0.364. The zero-order valence-electron chi connectivity index (χ0n) is 9.64. The maximum atomic E-state index is 13.1. The van der Waals surface area contributed by atoms with Crippen molar-refractivity contribution in [2.24, 2.45) is 0 Å². The lowest BCUT2D eigenvalue weighted by atomic mass is 10.2. The van der Waals surface area contributed by atoms with Gasteiger partial charge in [-0.15, -0.1) is 0 Å². The summed E-state index contributed by atoms with van der Waals surface area (Å²) in [6.07, 6.45) is 0.101. The largest absolute Gasteiger partial charge is 0.243 e. The van der Waals surface area contributed by atoms with E-state index in [0.717, 1.165) is 10.4 Å². The molecule has 0 saturated heterocycles. The number of rotatable bonds is 4. The van der Waals surface area contributed by atoms with Crippen LogP contribution in [0, 0.1) is 24.1 Å². The summed E-state index contributed by atoms with van der Waals surface area (Å²) in [5.74, 6) is -0.595. The van der Waals surface area contributed by atoms with Crippen LogP contribution in [0.2, 0.25) is 0 Å². The molecule has 92 valence electrons. The number of nitriles is 1. The van der Waals surface area contributed by atoms with Crippen molar-refractivity contribution >= 4 is 10.0 Å². The van der Waals surface area contributed by atoms with Gasteiger partial charge in [-0.25, -0.2) is 12.8 Å². The van der Waals surface area contributed by atoms with E-state index >= 15 is 0 Å². The topological polar surface area (TPSA) is 61.2 Å². The van der Waals surface area contributed by atoms with Gasteiger partial charge in [0.1, 0.15) is 5.82 Å². The molecule has 6 heteroatoms. The van der Waals surface area contributed by atoms with E-state index in [4.69, 9.17) is 5.26 Å². The molecule has 0 radical (unpaired) electrons. The number of sulfonamides is 1. The second kappa shape index (κ2) is 5.25. The third-order valence-electron chi connectivity index (χ3n) is 2.38. The van der Waals surface area contributed by atoms with Gasteiger partial charge in [0.15, 0.2) is 0 Å². The van der Waals surface area contributed by atoms with Crippen molar-refractivity contribution in [2.75, 3.05) is 13.6 Å². The van der Waals surface area contributed by atoms with Crippen LogP contribution in [0.5, 0.6) is 0 Å². The van der Waals surface area contributed by atoms with Crippen LogP contribution in [0.4, 0.5) is 4.39 Å². The molecule has 0 aliphatic rings. The Hall–Kier alpha value is -1.45. The highest BCUT2D eigenvalue weighted by Gasteiger charge is 2.22. The summed E-state index contributed by atoms with van der Waals surface area (Å²) in [5.41, 5.74) is 0.482. The molecule has 0 atom stereocenters. The number of nitrogens with zero attached hydrogens (tertiary/aromatic N) is 2. The molecule has 1 aromatic carbocycles. The summed E-state index contributed by atoms with van der Waals surface area (Å²) in [5, 5.41) is 8.42. The molecule has 0 spiro atoms. The average Bonchev–Trinajstić information content (AvgIpc) is 2.28. The van der Waals surface area contributed by atoms with Gasteiger partial charge >= 0.3 is 0 Å². The fourth-order valence-electron chi connectivity index (χ4n) is 1.35. The van der Waals surface area contributed by atoms with Crippen LogP contribution >= 0.6 is 0 Å². The number of benzene rings is 1.